The summed E-state index contributed by atoms with van der Waals surface area (Å²) >= 11 is 0. The van der Waals surface area contributed by atoms with Crippen LogP contribution in [0.4, 0.5) is 0 Å². The van der Waals surface area contributed by atoms with Crippen molar-refractivity contribution in [3.8, 4) is 0 Å². The highest BCUT2D eigenvalue weighted by atomic mass is 16.5. The maximum absolute atomic E-state index is 11.6. The Morgan fingerprint density at radius 2 is 2.48 bits per heavy atom. The number of aryl methyl sites for hydroxylation is 1. The Morgan fingerprint density at radius 1 is 1.62 bits per heavy atom. The summed E-state index contributed by atoms with van der Waals surface area (Å²) < 4.78 is 45.3. The molecule has 0 aliphatic carbocycles. The van der Waals surface area contributed by atoms with Gasteiger partial charge in [0.15, 0.2) is 0 Å². The van der Waals surface area contributed by atoms with Gasteiger partial charge in [0, 0.05) is 17.8 Å². The van der Waals surface area contributed by atoms with Crippen molar-refractivity contribution in [1.82, 2.24) is 4.98 Å². The first-order valence-corrected chi connectivity index (χ1v) is 7.04. The minimum atomic E-state index is -3.05. The lowest BCUT2D eigenvalue weighted by molar-refractivity contribution is -0.148. The van der Waals surface area contributed by atoms with E-state index in [9.17, 15) is 9.90 Å². The van der Waals surface area contributed by atoms with E-state index in [0.29, 0.717) is 6.42 Å². The SMILES string of the molecule is [2H]C([2H])([2H])C([2H])([2H])[C@]1(CC(=O)O)OCCc2c1[nH]c1c(CC)cccc21. The molecule has 1 aliphatic rings. The highest BCUT2D eigenvalue weighted by Crippen LogP contribution is 2.42. The van der Waals surface area contributed by atoms with Crippen LogP contribution in [0.1, 0.15) is 50.2 Å². The van der Waals surface area contributed by atoms with Gasteiger partial charge in [0.05, 0.1) is 18.7 Å². The monoisotopic (exact) mass is 292 g/mol. The summed E-state index contributed by atoms with van der Waals surface area (Å²) in [7, 11) is 0. The van der Waals surface area contributed by atoms with Gasteiger partial charge in [-0.3, -0.25) is 4.79 Å². The van der Waals surface area contributed by atoms with Gasteiger partial charge in [-0.15, -0.1) is 0 Å². The van der Waals surface area contributed by atoms with Gasteiger partial charge in [0.2, 0.25) is 0 Å². The fraction of sp³-hybridized carbons (Fsp3) is 0.471. The lowest BCUT2D eigenvalue weighted by Gasteiger charge is -2.35. The number of hydrogen-bond donors (Lipinski definition) is 2. The third kappa shape index (κ3) is 2.14. The summed E-state index contributed by atoms with van der Waals surface area (Å²) in [6.45, 7) is -1.02. The van der Waals surface area contributed by atoms with E-state index >= 15 is 0 Å². The standard InChI is InChI=1S/C17H21NO3/c1-3-11-6-5-7-12-13-8-9-21-17(4-2,10-14(19)20)16(13)18-15(11)12/h5-7,18H,3-4,8-10H2,1-2H3,(H,19,20)/t17-/m1/s1/i2D3,4D2. The maximum Gasteiger partial charge on any atom is 0.306 e. The molecular formula is C17H21NO3. The first kappa shape index (κ1) is 9.26. The number of benzene rings is 1. The van der Waals surface area contributed by atoms with Crippen LogP contribution in [0.5, 0.6) is 0 Å². The zero-order chi connectivity index (χ0) is 19.3. The molecule has 1 atom stereocenters. The summed E-state index contributed by atoms with van der Waals surface area (Å²) in [6, 6.07) is 5.70. The zero-order valence-electron chi connectivity index (χ0n) is 16.8. The lowest BCUT2D eigenvalue weighted by Crippen LogP contribution is -2.37. The van der Waals surface area contributed by atoms with Gasteiger partial charge < -0.3 is 14.8 Å². The third-order valence-corrected chi connectivity index (χ3v) is 4.12. The Bertz CT molecular complexity index is 858. The maximum atomic E-state index is 11.6. The highest BCUT2D eigenvalue weighted by molar-refractivity contribution is 5.88. The molecule has 1 aliphatic heterocycles. The summed E-state index contributed by atoms with van der Waals surface area (Å²) in [4.78, 5) is 14.7. The van der Waals surface area contributed by atoms with Crippen molar-refractivity contribution in [3.05, 3.63) is 35.0 Å². The number of para-hydroxylation sites is 1. The van der Waals surface area contributed by atoms with Crippen LogP contribution in [0.15, 0.2) is 18.2 Å². The Labute approximate surface area is 131 Å². The van der Waals surface area contributed by atoms with Crippen molar-refractivity contribution in [1.29, 1.82) is 0 Å². The zero-order valence-corrected chi connectivity index (χ0v) is 11.8. The minimum absolute atomic E-state index is 0.0547. The minimum Gasteiger partial charge on any atom is -0.481 e. The van der Waals surface area contributed by atoms with Gasteiger partial charge in [-0.25, -0.2) is 0 Å². The second kappa shape index (κ2) is 5.19. The molecule has 1 aromatic heterocycles. The molecule has 21 heavy (non-hydrogen) atoms. The van der Waals surface area contributed by atoms with Crippen molar-refractivity contribution in [3.63, 3.8) is 0 Å². The second-order valence-electron chi connectivity index (χ2n) is 5.29. The molecule has 0 bridgehead atoms. The second-order valence-corrected chi connectivity index (χ2v) is 5.29. The van der Waals surface area contributed by atoms with Gasteiger partial charge in [0.1, 0.15) is 5.60 Å². The predicted octanol–water partition coefficient (Wildman–Crippen LogP) is 3.38. The van der Waals surface area contributed by atoms with Crippen LogP contribution in [-0.4, -0.2) is 22.7 Å². The molecule has 112 valence electrons. The van der Waals surface area contributed by atoms with Crippen molar-refractivity contribution >= 4 is 16.9 Å². The fourth-order valence-corrected chi connectivity index (χ4v) is 3.13. The van der Waals surface area contributed by atoms with E-state index in [0.717, 1.165) is 28.5 Å². The third-order valence-electron chi connectivity index (χ3n) is 4.12. The molecule has 4 nitrogen and oxygen atoms in total. The number of aromatic nitrogens is 1. The quantitative estimate of drug-likeness (QED) is 0.908. The number of hydrogen-bond acceptors (Lipinski definition) is 2. The molecule has 0 saturated heterocycles. The van der Waals surface area contributed by atoms with Crippen molar-refractivity contribution in [2.24, 2.45) is 0 Å². The number of carboxylic acids is 1. The molecule has 0 saturated carbocycles. The molecule has 0 unspecified atom stereocenters. The van der Waals surface area contributed by atoms with Gasteiger partial charge in [-0.1, -0.05) is 32.0 Å². The molecule has 2 N–H and O–H groups in total. The van der Waals surface area contributed by atoms with Crippen molar-refractivity contribution < 1.29 is 21.5 Å². The molecule has 2 heterocycles. The Hall–Kier alpha value is -1.81. The van der Waals surface area contributed by atoms with E-state index < -0.39 is 31.2 Å². The van der Waals surface area contributed by atoms with Crippen LogP contribution in [0.3, 0.4) is 0 Å². The Balaban J connectivity index is 2.35. The fourth-order valence-electron chi connectivity index (χ4n) is 3.13. The van der Waals surface area contributed by atoms with Crippen LogP contribution in [0, 0.1) is 0 Å². The van der Waals surface area contributed by atoms with E-state index in [4.69, 9.17) is 11.6 Å². The van der Waals surface area contributed by atoms with Crippen molar-refractivity contribution in [2.45, 2.75) is 45.0 Å². The molecular weight excluding hydrogens is 266 g/mol. The first-order chi connectivity index (χ1) is 12.0. The number of aliphatic carboxylic acids is 1. The largest absolute Gasteiger partial charge is 0.481 e. The smallest absolute Gasteiger partial charge is 0.306 e. The van der Waals surface area contributed by atoms with E-state index in [1.807, 2.05) is 25.1 Å². The summed E-state index contributed by atoms with van der Waals surface area (Å²) in [6.07, 6.45) is -2.48. The Kier molecular flexibility index (Phi) is 2.29. The van der Waals surface area contributed by atoms with Crippen LogP contribution in [0.25, 0.3) is 10.9 Å². The average molecular weight is 292 g/mol. The first-order valence-electron chi connectivity index (χ1n) is 9.54. The molecule has 0 amide bonds. The number of carbonyl (C=O) groups is 1. The van der Waals surface area contributed by atoms with Gasteiger partial charge in [-0.05, 0) is 30.3 Å². The molecule has 3 rings (SSSR count). The van der Waals surface area contributed by atoms with Crippen LogP contribution in [0.2, 0.25) is 0 Å². The van der Waals surface area contributed by atoms with Gasteiger partial charge in [-0.2, -0.15) is 0 Å². The number of carboxylic acid groups (broad SMARTS) is 1. The van der Waals surface area contributed by atoms with Gasteiger partial charge >= 0.3 is 5.97 Å². The van der Waals surface area contributed by atoms with Crippen molar-refractivity contribution in [2.75, 3.05) is 6.61 Å². The highest BCUT2D eigenvalue weighted by Gasteiger charge is 2.40. The molecule has 0 fully saturated rings. The van der Waals surface area contributed by atoms with Crippen LogP contribution < -0.4 is 0 Å². The summed E-state index contributed by atoms with van der Waals surface area (Å²) in [5.74, 6) is -1.32. The number of H-pyrrole nitrogens is 1. The van der Waals surface area contributed by atoms with Gasteiger partial charge in [0.25, 0.3) is 0 Å². The molecule has 2 aromatic rings. The molecule has 4 heteroatoms. The number of rotatable bonds is 4. The van der Waals surface area contributed by atoms with E-state index in [1.54, 1.807) is 0 Å². The molecule has 0 radical (unpaired) electrons. The number of aromatic amines is 1. The topological polar surface area (TPSA) is 62.3 Å². The number of fused-ring (bicyclic) bond motifs is 3. The van der Waals surface area contributed by atoms with E-state index in [-0.39, 0.29) is 12.3 Å². The average Bonchev–Trinajstić information content (AvgIpc) is 2.93. The number of ether oxygens (including phenoxy) is 1. The van der Waals surface area contributed by atoms with Crippen LogP contribution >= 0.6 is 0 Å². The predicted molar refractivity (Wildman–Crippen MR) is 81.6 cm³/mol. The normalized spacial score (nSPS) is 26.2. The summed E-state index contributed by atoms with van der Waals surface area (Å²) in [5.41, 5.74) is 0.623. The summed E-state index contributed by atoms with van der Waals surface area (Å²) in [5, 5.41) is 10.3. The van der Waals surface area contributed by atoms with E-state index in [1.165, 1.54) is 0 Å². The lowest BCUT2D eigenvalue weighted by atomic mass is 9.86. The molecule has 1 aromatic carbocycles. The number of nitrogens with one attached hydrogen (secondary N) is 1. The Morgan fingerprint density at radius 3 is 3.19 bits per heavy atom. The molecule has 0 spiro atoms. The van der Waals surface area contributed by atoms with E-state index in [2.05, 4.69) is 4.98 Å². The van der Waals surface area contributed by atoms with Crippen LogP contribution in [-0.2, 0) is 28.0 Å².